The number of H-pyrrole nitrogens is 1. The number of benzene rings is 3. The van der Waals surface area contributed by atoms with E-state index in [4.69, 9.17) is 4.74 Å². The lowest BCUT2D eigenvalue weighted by Gasteiger charge is -2.15. The molecule has 4 rings (SSSR count). The smallest absolute Gasteiger partial charge is 0.346 e. The van der Waals surface area contributed by atoms with Crippen LogP contribution in [0.4, 0.5) is 5.69 Å². The minimum absolute atomic E-state index is 0.0422. The summed E-state index contributed by atoms with van der Waals surface area (Å²) in [7, 11) is 0. The first kappa shape index (κ1) is 19.1. The standard InChI is InChI=1S/C23H17N3O4/c1-15-7-13-19(14-8-15)30-22-20(16-5-3-2-4-6-16)24-23(27)25-21(22)17-9-11-18(12-10-17)26(28)29/h2-14H,1H3,(H,24,25,27). The van der Waals surface area contributed by atoms with Crippen LogP contribution in [0, 0.1) is 17.0 Å². The van der Waals surface area contributed by atoms with Crippen molar-refractivity contribution < 1.29 is 9.66 Å². The molecule has 1 N–H and O–H groups in total. The number of rotatable bonds is 5. The van der Waals surface area contributed by atoms with Crippen LogP contribution in [0.1, 0.15) is 5.56 Å². The van der Waals surface area contributed by atoms with Gasteiger partial charge in [0.05, 0.1) is 10.6 Å². The third-order valence-electron chi connectivity index (χ3n) is 4.54. The Morgan fingerprint density at radius 3 is 2.20 bits per heavy atom. The van der Waals surface area contributed by atoms with Crippen LogP contribution in [-0.2, 0) is 0 Å². The number of ether oxygens (including phenoxy) is 1. The molecule has 3 aromatic carbocycles. The first-order valence-electron chi connectivity index (χ1n) is 9.20. The van der Waals surface area contributed by atoms with Crippen molar-refractivity contribution in [1.82, 2.24) is 9.97 Å². The summed E-state index contributed by atoms with van der Waals surface area (Å²) in [6.45, 7) is 1.98. The Labute approximate surface area is 171 Å². The summed E-state index contributed by atoms with van der Waals surface area (Å²) in [5.41, 5.74) is 2.56. The number of aryl methyl sites for hydroxylation is 1. The van der Waals surface area contributed by atoms with Gasteiger partial charge in [0.1, 0.15) is 11.4 Å². The maximum atomic E-state index is 12.4. The van der Waals surface area contributed by atoms with Crippen molar-refractivity contribution in [2.45, 2.75) is 6.92 Å². The number of aromatic nitrogens is 2. The van der Waals surface area contributed by atoms with E-state index in [9.17, 15) is 14.9 Å². The number of hydrogen-bond acceptors (Lipinski definition) is 5. The Bertz CT molecular complexity index is 1250. The molecule has 0 radical (unpaired) electrons. The van der Waals surface area contributed by atoms with E-state index in [0.717, 1.165) is 5.56 Å². The molecule has 0 saturated carbocycles. The van der Waals surface area contributed by atoms with E-state index >= 15 is 0 Å². The van der Waals surface area contributed by atoms with Crippen molar-refractivity contribution in [2.75, 3.05) is 0 Å². The van der Waals surface area contributed by atoms with Crippen LogP contribution >= 0.6 is 0 Å². The van der Waals surface area contributed by atoms with Crippen LogP contribution < -0.4 is 10.4 Å². The fourth-order valence-corrected chi connectivity index (χ4v) is 3.03. The molecule has 0 unspecified atom stereocenters. The summed E-state index contributed by atoms with van der Waals surface area (Å²) in [6, 6.07) is 22.6. The molecule has 148 valence electrons. The predicted octanol–water partition coefficient (Wildman–Crippen LogP) is 5.11. The molecule has 0 amide bonds. The Morgan fingerprint density at radius 1 is 0.900 bits per heavy atom. The van der Waals surface area contributed by atoms with Gasteiger partial charge in [-0.2, -0.15) is 4.98 Å². The topological polar surface area (TPSA) is 98.1 Å². The molecule has 4 aromatic rings. The Hall–Kier alpha value is -4.26. The van der Waals surface area contributed by atoms with Crippen LogP contribution in [0.2, 0.25) is 0 Å². The second-order valence-electron chi connectivity index (χ2n) is 6.68. The van der Waals surface area contributed by atoms with E-state index < -0.39 is 10.6 Å². The van der Waals surface area contributed by atoms with Gasteiger partial charge in [0.15, 0.2) is 5.75 Å². The number of nitrogens with zero attached hydrogens (tertiary/aromatic N) is 2. The number of non-ortho nitro benzene ring substituents is 1. The van der Waals surface area contributed by atoms with Gasteiger partial charge in [-0.3, -0.25) is 10.1 Å². The van der Waals surface area contributed by atoms with Gasteiger partial charge in [-0.1, -0.05) is 48.0 Å². The molecule has 0 atom stereocenters. The van der Waals surface area contributed by atoms with Crippen molar-refractivity contribution >= 4 is 5.69 Å². The van der Waals surface area contributed by atoms with Crippen molar-refractivity contribution in [1.29, 1.82) is 0 Å². The Morgan fingerprint density at radius 2 is 1.57 bits per heavy atom. The molecular weight excluding hydrogens is 382 g/mol. The van der Waals surface area contributed by atoms with Crippen molar-refractivity contribution in [3.05, 3.63) is 105 Å². The molecule has 0 aliphatic rings. The van der Waals surface area contributed by atoms with Crippen LogP contribution in [0.5, 0.6) is 11.5 Å². The van der Waals surface area contributed by atoms with E-state index in [1.807, 2.05) is 61.5 Å². The van der Waals surface area contributed by atoms with Gasteiger partial charge in [-0.25, -0.2) is 4.79 Å². The van der Waals surface area contributed by atoms with E-state index in [2.05, 4.69) is 9.97 Å². The summed E-state index contributed by atoms with van der Waals surface area (Å²) in [5.74, 6) is 0.938. The van der Waals surface area contributed by atoms with Crippen molar-refractivity contribution in [3.63, 3.8) is 0 Å². The molecule has 1 heterocycles. The average molecular weight is 399 g/mol. The molecule has 1 aromatic heterocycles. The van der Waals surface area contributed by atoms with Crippen LogP contribution in [-0.4, -0.2) is 14.9 Å². The molecule has 0 spiro atoms. The molecule has 7 nitrogen and oxygen atoms in total. The quantitative estimate of drug-likeness (QED) is 0.371. The third-order valence-corrected chi connectivity index (χ3v) is 4.54. The van der Waals surface area contributed by atoms with E-state index in [1.165, 1.54) is 12.1 Å². The number of nitro groups is 1. The highest BCUT2D eigenvalue weighted by Crippen LogP contribution is 2.38. The summed E-state index contributed by atoms with van der Waals surface area (Å²) in [4.78, 5) is 29.7. The van der Waals surface area contributed by atoms with Crippen LogP contribution in [0.25, 0.3) is 22.5 Å². The second kappa shape index (κ2) is 8.00. The highest BCUT2D eigenvalue weighted by Gasteiger charge is 2.19. The number of aromatic amines is 1. The molecule has 0 bridgehead atoms. The Kier molecular flexibility index (Phi) is 5.09. The SMILES string of the molecule is Cc1ccc(Oc2c(-c3ccccc3)nc(=O)[nH]c2-c2ccc([N+](=O)[O-])cc2)cc1. The zero-order chi connectivity index (χ0) is 21.1. The van der Waals surface area contributed by atoms with Gasteiger partial charge >= 0.3 is 5.69 Å². The lowest BCUT2D eigenvalue weighted by Crippen LogP contribution is -2.14. The monoisotopic (exact) mass is 399 g/mol. The molecule has 0 aliphatic heterocycles. The van der Waals surface area contributed by atoms with E-state index in [1.54, 1.807) is 12.1 Å². The Balaban J connectivity index is 1.91. The lowest BCUT2D eigenvalue weighted by molar-refractivity contribution is -0.384. The second-order valence-corrected chi connectivity index (χ2v) is 6.68. The molecule has 0 saturated heterocycles. The third kappa shape index (κ3) is 3.95. The number of nitrogens with one attached hydrogen (secondary N) is 1. The predicted molar refractivity (Wildman–Crippen MR) is 114 cm³/mol. The van der Waals surface area contributed by atoms with Crippen LogP contribution in [0.15, 0.2) is 83.7 Å². The fourth-order valence-electron chi connectivity index (χ4n) is 3.03. The maximum Gasteiger partial charge on any atom is 0.346 e. The average Bonchev–Trinajstić information content (AvgIpc) is 2.77. The zero-order valence-electron chi connectivity index (χ0n) is 16.0. The summed E-state index contributed by atoms with van der Waals surface area (Å²) < 4.78 is 6.17. The lowest BCUT2D eigenvalue weighted by atomic mass is 10.1. The fraction of sp³-hybridized carbons (Fsp3) is 0.0435. The van der Waals surface area contributed by atoms with Gasteiger partial charge in [0.2, 0.25) is 0 Å². The molecule has 0 aliphatic carbocycles. The van der Waals surface area contributed by atoms with E-state index in [0.29, 0.717) is 34.0 Å². The highest BCUT2D eigenvalue weighted by atomic mass is 16.6. The number of hydrogen-bond donors (Lipinski definition) is 1. The normalized spacial score (nSPS) is 10.6. The summed E-state index contributed by atoms with van der Waals surface area (Å²) in [5, 5.41) is 11.0. The summed E-state index contributed by atoms with van der Waals surface area (Å²) in [6.07, 6.45) is 0. The first-order valence-corrected chi connectivity index (χ1v) is 9.20. The zero-order valence-corrected chi connectivity index (χ0v) is 16.0. The van der Waals surface area contributed by atoms with Gasteiger partial charge in [-0.15, -0.1) is 0 Å². The molecule has 0 fully saturated rings. The largest absolute Gasteiger partial charge is 0.453 e. The minimum atomic E-state index is -0.543. The van der Waals surface area contributed by atoms with Gasteiger partial charge in [-0.05, 0) is 31.2 Å². The first-order chi connectivity index (χ1) is 14.5. The number of nitro benzene ring substituents is 1. The van der Waals surface area contributed by atoms with Crippen LogP contribution in [0.3, 0.4) is 0 Å². The highest BCUT2D eigenvalue weighted by molar-refractivity contribution is 5.78. The van der Waals surface area contributed by atoms with Crippen molar-refractivity contribution in [3.8, 4) is 34.0 Å². The van der Waals surface area contributed by atoms with Gasteiger partial charge in [0, 0.05) is 23.3 Å². The minimum Gasteiger partial charge on any atom is -0.453 e. The molecule has 30 heavy (non-hydrogen) atoms. The molecular formula is C23H17N3O4. The van der Waals surface area contributed by atoms with Gasteiger partial charge in [0.25, 0.3) is 5.69 Å². The maximum absolute atomic E-state index is 12.4. The van der Waals surface area contributed by atoms with Crippen molar-refractivity contribution in [2.24, 2.45) is 0 Å². The van der Waals surface area contributed by atoms with E-state index in [-0.39, 0.29) is 5.69 Å². The molecule has 7 heteroatoms. The summed E-state index contributed by atoms with van der Waals surface area (Å²) >= 11 is 0. The van der Waals surface area contributed by atoms with Gasteiger partial charge < -0.3 is 9.72 Å².